The molecule has 0 aliphatic rings. The van der Waals surface area contributed by atoms with Crippen LogP contribution in [0.2, 0.25) is 0 Å². The number of ether oxygens (including phenoxy) is 2. The van der Waals surface area contributed by atoms with Gasteiger partial charge in [0.1, 0.15) is 6.04 Å². The van der Waals surface area contributed by atoms with Crippen molar-refractivity contribution in [3.05, 3.63) is 47.0 Å². The molecule has 0 saturated heterocycles. The van der Waals surface area contributed by atoms with E-state index in [0.29, 0.717) is 27.5 Å². The van der Waals surface area contributed by atoms with Gasteiger partial charge in [0.2, 0.25) is 10.0 Å². The molecule has 0 spiro atoms. The van der Waals surface area contributed by atoms with E-state index >= 15 is 0 Å². The van der Waals surface area contributed by atoms with Gasteiger partial charge in [0.05, 0.1) is 19.1 Å². The fraction of sp³-hybridized carbons (Fsp3) is 0.400. The molecule has 166 valence electrons. The Hall–Kier alpha value is -1.91. The number of benzene rings is 2. The summed E-state index contributed by atoms with van der Waals surface area (Å²) in [6, 6.07) is 5.70. The summed E-state index contributed by atoms with van der Waals surface area (Å²) in [4.78, 5) is 0.363. The number of hydrogen-bond acceptors (Lipinski definition) is 5. The SMILES string of the molecule is COc1ccc(SCC(NS(=O)(=O)c2c(C)cc(C)cc2C)C(F)(F)F)cc1OC. The molecule has 2 aromatic carbocycles. The highest BCUT2D eigenvalue weighted by Gasteiger charge is 2.42. The molecule has 2 rings (SSSR count). The molecule has 0 saturated carbocycles. The van der Waals surface area contributed by atoms with E-state index in [1.54, 1.807) is 51.1 Å². The molecule has 0 aromatic heterocycles. The molecule has 0 fully saturated rings. The summed E-state index contributed by atoms with van der Waals surface area (Å²) in [5, 5.41) is 0. The Morgan fingerprint density at radius 3 is 2.07 bits per heavy atom. The average molecular weight is 464 g/mol. The number of hydrogen-bond donors (Lipinski definition) is 1. The van der Waals surface area contributed by atoms with E-state index in [-0.39, 0.29) is 4.90 Å². The summed E-state index contributed by atoms with van der Waals surface area (Å²) in [6.45, 7) is 4.92. The van der Waals surface area contributed by atoms with Gasteiger partial charge in [-0.3, -0.25) is 0 Å². The second kappa shape index (κ2) is 9.49. The number of methoxy groups -OCH3 is 2. The molecule has 2 aromatic rings. The van der Waals surface area contributed by atoms with E-state index in [1.165, 1.54) is 14.2 Å². The van der Waals surface area contributed by atoms with E-state index in [9.17, 15) is 21.6 Å². The summed E-state index contributed by atoms with van der Waals surface area (Å²) >= 11 is 0.868. The van der Waals surface area contributed by atoms with Crippen molar-refractivity contribution in [2.75, 3.05) is 20.0 Å². The lowest BCUT2D eigenvalue weighted by molar-refractivity contribution is -0.145. The van der Waals surface area contributed by atoms with Crippen molar-refractivity contribution < 1.29 is 31.1 Å². The number of rotatable bonds is 8. The van der Waals surface area contributed by atoms with Crippen LogP contribution in [0, 0.1) is 20.8 Å². The molecule has 30 heavy (non-hydrogen) atoms. The van der Waals surface area contributed by atoms with Gasteiger partial charge in [-0.25, -0.2) is 8.42 Å². The average Bonchev–Trinajstić information content (AvgIpc) is 2.62. The second-order valence-electron chi connectivity index (χ2n) is 6.77. The van der Waals surface area contributed by atoms with Crippen molar-refractivity contribution in [1.82, 2.24) is 4.72 Å². The first-order valence-corrected chi connectivity index (χ1v) is 11.4. The van der Waals surface area contributed by atoms with Gasteiger partial charge in [0.25, 0.3) is 0 Å². The normalized spacial score (nSPS) is 13.2. The molecule has 1 unspecified atom stereocenters. The van der Waals surface area contributed by atoms with Gasteiger partial charge in [-0.2, -0.15) is 17.9 Å². The van der Waals surface area contributed by atoms with Crippen LogP contribution in [0.5, 0.6) is 11.5 Å². The summed E-state index contributed by atoms with van der Waals surface area (Å²) in [7, 11) is -1.50. The molecule has 5 nitrogen and oxygen atoms in total. The third-order valence-corrected chi connectivity index (χ3v) is 7.20. The molecule has 0 aliphatic carbocycles. The number of nitrogens with one attached hydrogen (secondary N) is 1. The Labute approximate surface area is 179 Å². The minimum atomic E-state index is -4.76. The number of aryl methyl sites for hydroxylation is 3. The Kier molecular flexibility index (Phi) is 7.70. The molecular formula is C20H24F3NO4S2. The summed E-state index contributed by atoms with van der Waals surface area (Å²) < 4.78 is 78.5. The lowest BCUT2D eigenvalue weighted by Crippen LogP contribution is -2.47. The Morgan fingerprint density at radius 2 is 1.57 bits per heavy atom. The summed E-state index contributed by atoms with van der Waals surface area (Å²) in [6.07, 6.45) is -4.76. The highest BCUT2D eigenvalue weighted by Crippen LogP contribution is 2.34. The summed E-state index contributed by atoms with van der Waals surface area (Å²) in [5.74, 6) is 0.278. The smallest absolute Gasteiger partial charge is 0.405 e. The predicted octanol–water partition coefficient (Wildman–Crippen LogP) is 4.63. The fourth-order valence-electron chi connectivity index (χ4n) is 3.12. The van der Waals surface area contributed by atoms with Crippen LogP contribution in [0.1, 0.15) is 16.7 Å². The van der Waals surface area contributed by atoms with Gasteiger partial charge in [-0.1, -0.05) is 17.7 Å². The standard InChI is InChI=1S/C20H24F3NO4S2/c1-12-8-13(2)19(14(3)9-12)30(25,26)24-18(20(21,22)23)11-29-15-6-7-16(27-4)17(10-15)28-5/h6-10,18,24H,11H2,1-5H3. The minimum absolute atomic E-state index is 0.126. The van der Waals surface area contributed by atoms with E-state index < -0.39 is 28.0 Å². The number of thioether (sulfide) groups is 1. The Bertz CT molecular complexity index is 985. The molecule has 0 bridgehead atoms. The lowest BCUT2D eigenvalue weighted by atomic mass is 10.1. The van der Waals surface area contributed by atoms with Crippen molar-refractivity contribution in [2.24, 2.45) is 0 Å². The van der Waals surface area contributed by atoms with Gasteiger partial charge in [0, 0.05) is 10.6 Å². The molecule has 1 atom stereocenters. The van der Waals surface area contributed by atoms with E-state index in [0.717, 1.165) is 17.3 Å². The first-order valence-electron chi connectivity index (χ1n) is 8.90. The minimum Gasteiger partial charge on any atom is -0.493 e. The van der Waals surface area contributed by atoms with E-state index in [2.05, 4.69) is 0 Å². The highest BCUT2D eigenvalue weighted by atomic mass is 32.2. The van der Waals surface area contributed by atoms with Crippen LogP contribution >= 0.6 is 11.8 Å². The predicted molar refractivity (Wildman–Crippen MR) is 111 cm³/mol. The second-order valence-corrected chi connectivity index (χ2v) is 9.52. The zero-order valence-electron chi connectivity index (χ0n) is 17.3. The Balaban J connectivity index is 2.27. The quantitative estimate of drug-likeness (QED) is 0.579. The third-order valence-electron chi connectivity index (χ3n) is 4.34. The molecule has 1 N–H and O–H groups in total. The van der Waals surface area contributed by atoms with Crippen LogP contribution in [-0.2, 0) is 10.0 Å². The van der Waals surface area contributed by atoms with Crippen molar-refractivity contribution in [2.45, 2.75) is 42.8 Å². The maximum absolute atomic E-state index is 13.6. The Morgan fingerprint density at radius 1 is 1.00 bits per heavy atom. The largest absolute Gasteiger partial charge is 0.493 e. The molecule has 0 heterocycles. The van der Waals surface area contributed by atoms with Crippen molar-refractivity contribution in [3.8, 4) is 11.5 Å². The number of halogens is 3. The molecule has 0 radical (unpaired) electrons. The van der Waals surface area contributed by atoms with Crippen molar-refractivity contribution in [3.63, 3.8) is 0 Å². The molecule has 0 amide bonds. The van der Waals surface area contributed by atoms with Crippen LogP contribution in [0.4, 0.5) is 13.2 Å². The van der Waals surface area contributed by atoms with Gasteiger partial charge >= 0.3 is 6.18 Å². The van der Waals surface area contributed by atoms with Crippen LogP contribution in [0.15, 0.2) is 40.1 Å². The topological polar surface area (TPSA) is 64.6 Å². The lowest BCUT2D eigenvalue weighted by Gasteiger charge is -2.23. The van der Waals surface area contributed by atoms with Crippen LogP contribution in [0.3, 0.4) is 0 Å². The van der Waals surface area contributed by atoms with Gasteiger partial charge in [-0.15, -0.1) is 11.8 Å². The first kappa shape index (κ1) is 24.4. The zero-order chi connectivity index (χ0) is 22.7. The molecule has 10 heteroatoms. The maximum Gasteiger partial charge on any atom is 0.405 e. The highest BCUT2D eigenvalue weighted by molar-refractivity contribution is 7.99. The maximum atomic E-state index is 13.6. The zero-order valence-corrected chi connectivity index (χ0v) is 18.9. The third kappa shape index (κ3) is 5.83. The van der Waals surface area contributed by atoms with Crippen LogP contribution in [-0.4, -0.2) is 40.6 Å². The van der Waals surface area contributed by atoms with E-state index in [1.807, 2.05) is 4.72 Å². The van der Waals surface area contributed by atoms with Gasteiger partial charge in [-0.05, 0) is 50.1 Å². The first-order chi connectivity index (χ1) is 13.9. The van der Waals surface area contributed by atoms with Crippen LogP contribution < -0.4 is 14.2 Å². The molecular weight excluding hydrogens is 439 g/mol. The van der Waals surface area contributed by atoms with Gasteiger partial charge in [0.15, 0.2) is 11.5 Å². The fourth-order valence-corrected chi connectivity index (χ4v) is 5.88. The number of sulfonamides is 1. The van der Waals surface area contributed by atoms with Gasteiger partial charge < -0.3 is 9.47 Å². The molecule has 0 aliphatic heterocycles. The van der Waals surface area contributed by atoms with Crippen molar-refractivity contribution >= 4 is 21.8 Å². The summed E-state index contributed by atoms with van der Waals surface area (Å²) in [5.41, 5.74) is 1.63. The number of alkyl halides is 3. The van der Waals surface area contributed by atoms with Crippen LogP contribution in [0.25, 0.3) is 0 Å². The van der Waals surface area contributed by atoms with Crippen molar-refractivity contribution in [1.29, 1.82) is 0 Å². The monoisotopic (exact) mass is 463 g/mol. The van der Waals surface area contributed by atoms with E-state index in [4.69, 9.17) is 9.47 Å².